The Morgan fingerprint density at radius 2 is 1.81 bits per heavy atom. The number of para-hydroxylation sites is 1. The number of carbonyl (C=O) groups is 2. The van der Waals surface area contributed by atoms with Crippen LogP contribution in [0, 0.1) is 0 Å². The third-order valence-corrected chi connectivity index (χ3v) is 2.79. The normalized spacial score (nSPS) is 9.71. The Morgan fingerprint density at radius 3 is 2.24 bits per heavy atom. The first-order chi connectivity index (χ1) is 9.96. The summed E-state index contributed by atoms with van der Waals surface area (Å²) in [5, 5.41) is 14.8. The molecule has 0 heterocycles. The number of methoxy groups -OCH3 is 1. The van der Waals surface area contributed by atoms with Gasteiger partial charge < -0.3 is 14.9 Å². The predicted octanol–water partition coefficient (Wildman–Crippen LogP) is 1.91. The highest BCUT2D eigenvalue weighted by Crippen LogP contribution is 2.18. The van der Waals surface area contributed by atoms with E-state index in [9.17, 15) is 0 Å². The Hall–Kier alpha value is -1.79. The zero-order valence-electron chi connectivity index (χ0n) is 12.1. The van der Waals surface area contributed by atoms with Crippen molar-refractivity contribution in [2.75, 3.05) is 26.1 Å². The molecule has 1 rings (SSSR count). The van der Waals surface area contributed by atoms with Gasteiger partial charge in [-0.25, -0.2) is 9.59 Å². The average molecular weight is 318 g/mol. The van der Waals surface area contributed by atoms with E-state index in [1.807, 2.05) is 18.2 Å². The molecule has 118 valence electrons. The van der Waals surface area contributed by atoms with E-state index in [4.69, 9.17) is 36.1 Å². The molecule has 0 aliphatic rings. The SMILES string of the molecule is CCN(CCCl)Cc1ccccc1OC.O=C(O)C(=O)O. The Morgan fingerprint density at radius 1 is 1.24 bits per heavy atom. The number of benzene rings is 1. The molecule has 0 saturated heterocycles. The van der Waals surface area contributed by atoms with Gasteiger partial charge in [0, 0.05) is 24.5 Å². The van der Waals surface area contributed by atoms with Gasteiger partial charge in [0.2, 0.25) is 0 Å². The highest BCUT2D eigenvalue weighted by molar-refractivity contribution is 6.27. The van der Waals surface area contributed by atoms with Crippen molar-refractivity contribution in [2.24, 2.45) is 0 Å². The van der Waals surface area contributed by atoms with E-state index in [1.54, 1.807) is 7.11 Å². The van der Waals surface area contributed by atoms with E-state index >= 15 is 0 Å². The first-order valence-corrected chi connectivity index (χ1v) is 6.86. The van der Waals surface area contributed by atoms with E-state index in [-0.39, 0.29) is 0 Å². The molecule has 1 aromatic rings. The third-order valence-electron chi connectivity index (χ3n) is 2.62. The maximum Gasteiger partial charge on any atom is 0.414 e. The summed E-state index contributed by atoms with van der Waals surface area (Å²) in [6.07, 6.45) is 0. The summed E-state index contributed by atoms with van der Waals surface area (Å²) in [6, 6.07) is 8.10. The molecule has 0 aliphatic carbocycles. The number of aliphatic carboxylic acids is 2. The number of hydrogen-bond acceptors (Lipinski definition) is 4. The minimum Gasteiger partial charge on any atom is -0.496 e. The van der Waals surface area contributed by atoms with Gasteiger partial charge in [-0.2, -0.15) is 0 Å². The second kappa shape index (κ2) is 10.9. The van der Waals surface area contributed by atoms with Crippen molar-refractivity contribution in [3.05, 3.63) is 29.8 Å². The molecule has 0 saturated carbocycles. The average Bonchev–Trinajstić information content (AvgIpc) is 2.47. The maximum atomic E-state index is 9.10. The van der Waals surface area contributed by atoms with Crippen LogP contribution < -0.4 is 4.74 Å². The first kappa shape index (κ1) is 19.2. The lowest BCUT2D eigenvalue weighted by Crippen LogP contribution is -2.25. The molecule has 0 unspecified atom stereocenters. The van der Waals surface area contributed by atoms with Gasteiger partial charge in [-0.1, -0.05) is 25.1 Å². The molecule has 1 aromatic carbocycles. The van der Waals surface area contributed by atoms with Crippen LogP contribution >= 0.6 is 11.6 Å². The predicted molar refractivity (Wildman–Crippen MR) is 79.9 cm³/mol. The molecule has 7 heteroatoms. The summed E-state index contributed by atoms with van der Waals surface area (Å²) in [5.74, 6) is -2.03. The number of rotatable bonds is 6. The smallest absolute Gasteiger partial charge is 0.414 e. The molecule has 0 atom stereocenters. The van der Waals surface area contributed by atoms with Gasteiger partial charge in [-0.15, -0.1) is 11.6 Å². The summed E-state index contributed by atoms with van der Waals surface area (Å²) in [6.45, 7) is 4.95. The van der Waals surface area contributed by atoms with E-state index in [1.165, 1.54) is 5.56 Å². The Kier molecular flexibility index (Phi) is 10.0. The quantitative estimate of drug-likeness (QED) is 0.615. The molecule has 2 N–H and O–H groups in total. The van der Waals surface area contributed by atoms with Crippen LogP contribution in [0.5, 0.6) is 5.75 Å². The summed E-state index contributed by atoms with van der Waals surface area (Å²) in [4.78, 5) is 20.5. The topological polar surface area (TPSA) is 87.1 Å². The number of hydrogen-bond donors (Lipinski definition) is 2. The number of carboxylic acid groups (broad SMARTS) is 2. The monoisotopic (exact) mass is 317 g/mol. The number of ether oxygens (including phenoxy) is 1. The zero-order valence-corrected chi connectivity index (χ0v) is 12.8. The van der Waals surface area contributed by atoms with Gasteiger partial charge in [0.1, 0.15) is 5.75 Å². The molecule has 0 fully saturated rings. The van der Waals surface area contributed by atoms with Gasteiger partial charge >= 0.3 is 11.9 Å². The lowest BCUT2D eigenvalue weighted by molar-refractivity contribution is -0.159. The van der Waals surface area contributed by atoms with Crippen molar-refractivity contribution in [1.29, 1.82) is 0 Å². The Labute approximate surface area is 128 Å². The highest BCUT2D eigenvalue weighted by atomic mass is 35.5. The van der Waals surface area contributed by atoms with Gasteiger partial charge in [-0.05, 0) is 12.6 Å². The molecule has 0 aliphatic heterocycles. The fourth-order valence-electron chi connectivity index (χ4n) is 1.54. The minimum atomic E-state index is -1.82. The Bertz CT molecular complexity index is 441. The molecule has 0 spiro atoms. The molecule has 0 bridgehead atoms. The van der Waals surface area contributed by atoms with Gasteiger partial charge in [-0.3, -0.25) is 4.90 Å². The van der Waals surface area contributed by atoms with Crippen molar-refractivity contribution in [3.63, 3.8) is 0 Å². The second-order valence-electron chi connectivity index (χ2n) is 3.98. The van der Waals surface area contributed by atoms with Gasteiger partial charge in [0.25, 0.3) is 0 Å². The van der Waals surface area contributed by atoms with Gasteiger partial charge in [0.05, 0.1) is 7.11 Å². The van der Waals surface area contributed by atoms with Crippen LogP contribution in [0.2, 0.25) is 0 Å². The summed E-state index contributed by atoms with van der Waals surface area (Å²) in [5.41, 5.74) is 1.21. The van der Waals surface area contributed by atoms with Gasteiger partial charge in [0.15, 0.2) is 0 Å². The van der Waals surface area contributed by atoms with Crippen LogP contribution in [0.3, 0.4) is 0 Å². The lowest BCUT2D eigenvalue weighted by Gasteiger charge is -2.20. The van der Waals surface area contributed by atoms with Crippen molar-refractivity contribution in [2.45, 2.75) is 13.5 Å². The maximum absolute atomic E-state index is 9.10. The standard InChI is InChI=1S/C12H18ClNO.C2H2O4/c1-3-14(9-8-13)10-11-6-4-5-7-12(11)15-2;3-1(4)2(5)6/h4-7H,3,8-10H2,1-2H3;(H,3,4)(H,5,6). The third kappa shape index (κ3) is 8.16. The van der Waals surface area contributed by atoms with E-state index < -0.39 is 11.9 Å². The lowest BCUT2D eigenvalue weighted by atomic mass is 10.2. The molecule has 0 radical (unpaired) electrons. The van der Waals surface area contributed by atoms with Crippen molar-refractivity contribution in [3.8, 4) is 5.75 Å². The van der Waals surface area contributed by atoms with Crippen LogP contribution in [-0.4, -0.2) is 53.1 Å². The fourth-order valence-corrected chi connectivity index (χ4v) is 1.78. The second-order valence-corrected chi connectivity index (χ2v) is 4.36. The summed E-state index contributed by atoms with van der Waals surface area (Å²) < 4.78 is 5.31. The van der Waals surface area contributed by atoms with Crippen molar-refractivity contribution >= 4 is 23.5 Å². The molecular formula is C14H20ClNO5. The van der Waals surface area contributed by atoms with Crippen LogP contribution in [0.4, 0.5) is 0 Å². The van der Waals surface area contributed by atoms with Crippen LogP contribution in [0.25, 0.3) is 0 Å². The zero-order chi connectivity index (χ0) is 16.3. The molecule has 0 amide bonds. The molecule has 6 nitrogen and oxygen atoms in total. The fraction of sp³-hybridized carbons (Fsp3) is 0.429. The van der Waals surface area contributed by atoms with Crippen molar-refractivity contribution in [1.82, 2.24) is 4.90 Å². The minimum absolute atomic E-state index is 0.670. The summed E-state index contributed by atoms with van der Waals surface area (Å²) in [7, 11) is 1.71. The van der Waals surface area contributed by atoms with E-state index in [0.29, 0.717) is 5.88 Å². The van der Waals surface area contributed by atoms with E-state index in [0.717, 1.165) is 25.4 Å². The largest absolute Gasteiger partial charge is 0.496 e. The first-order valence-electron chi connectivity index (χ1n) is 6.32. The van der Waals surface area contributed by atoms with E-state index in [2.05, 4.69) is 17.9 Å². The molecule has 21 heavy (non-hydrogen) atoms. The number of alkyl halides is 1. The molecule has 0 aromatic heterocycles. The van der Waals surface area contributed by atoms with Crippen LogP contribution in [0.1, 0.15) is 12.5 Å². The summed E-state index contributed by atoms with van der Waals surface area (Å²) >= 11 is 5.74. The van der Waals surface area contributed by atoms with Crippen LogP contribution in [-0.2, 0) is 16.1 Å². The highest BCUT2D eigenvalue weighted by Gasteiger charge is 2.06. The number of halogens is 1. The number of nitrogens with zero attached hydrogens (tertiary/aromatic N) is 1. The molecular weight excluding hydrogens is 298 g/mol. The number of carboxylic acids is 2. The van der Waals surface area contributed by atoms with Crippen LogP contribution in [0.15, 0.2) is 24.3 Å². The van der Waals surface area contributed by atoms with Crippen molar-refractivity contribution < 1.29 is 24.5 Å². The Balaban J connectivity index is 0.000000567.